The lowest BCUT2D eigenvalue weighted by Crippen LogP contribution is -2.45. The molecule has 1 saturated heterocycles. The summed E-state index contributed by atoms with van der Waals surface area (Å²) >= 11 is 0. The van der Waals surface area contributed by atoms with E-state index in [2.05, 4.69) is 15.6 Å². The molecule has 1 atom stereocenters. The highest BCUT2D eigenvalue weighted by Crippen LogP contribution is 2.26. The summed E-state index contributed by atoms with van der Waals surface area (Å²) in [6, 6.07) is 0.276. The second-order valence-electron chi connectivity index (χ2n) is 8.22. The van der Waals surface area contributed by atoms with Crippen LogP contribution in [0.4, 0.5) is 0 Å². The minimum Gasteiger partial charge on any atom is -0.466 e. The molecule has 30 heavy (non-hydrogen) atoms. The van der Waals surface area contributed by atoms with Gasteiger partial charge in [-0.1, -0.05) is 32.1 Å². The van der Waals surface area contributed by atoms with E-state index in [0.29, 0.717) is 18.9 Å². The van der Waals surface area contributed by atoms with Crippen molar-refractivity contribution >= 4 is 41.8 Å². The summed E-state index contributed by atoms with van der Waals surface area (Å²) in [4.78, 5) is 30.4. The third-order valence-electron chi connectivity index (χ3n) is 5.92. The van der Waals surface area contributed by atoms with Crippen LogP contribution in [0.15, 0.2) is 4.99 Å². The first-order chi connectivity index (χ1) is 14.1. The number of nitrogens with zero attached hydrogens (tertiary/aromatic N) is 2. The van der Waals surface area contributed by atoms with Crippen LogP contribution in [-0.4, -0.2) is 62.1 Å². The maximum atomic E-state index is 12.7. The average Bonchev–Trinajstić information content (AvgIpc) is 3.21. The number of ether oxygens (including phenoxy) is 1. The van der Waals surface area contributed by atoms with E-state index >= 15 is 0 Å². The van der Waals surface area contributed by atoms with Crippen LogP contribution in [-0.2, 0) is 14.3 Å². The van der Waals surface area contributed by atoms with Gasteiger partial charge in [-0.2, -0.15) is 0 Å². The van der Waals surface area contributed by atoms with Crippen molar-refractivity contribution in [1.82, 2.24) is 15.5 Å². The smallest absolute Gasteiger partial charge is 0.305 e. The van der Waals surface area contributed by atoms with Gasteiger partial charge in [0.2, 0.25) is 5.91 Å². The Morgan fingerprint density at radius 3 is 2.50 bits per heavy atom. The van der Waals surface area contributed by atoms with E-state index in [1.165, 1.54) is 19.3 Å². The largest absolute Gasteiger partial charge is 0.466 e. The second kappa shape index (κ2) is 15.7. The highest BCUT2D eigenvalue weighted by molar-refractivity contribution is 14.0. The van der Waals surface area contributed by atoms with Gasteiger partial charge in [0, 0.05) is 45.1 Å². The zero-order valence-corrected chi connectivity index (χ0v) is 21.1. The molecule has 1 saturated carbocycles. The lowest BCUT2D eigenvalue weighted by atomic mass is 9.88. The number of carbonyl (C=O) groups is 2. The highest BCUT2D eigenvalue weighted by Gasteiger charge is 2.31. The van der Waals surface area contributed by atoms with Gasteiger partial charge in [-0.15, -0.1) is 24.0 Å². The fourth-order valence-corrected chi connectivity index (χ4v) is 4.26. The standard InChI is InChI=1S/C22H40N4O3.HI/c1-3-29-20(27)13-9-4-5-10-15-24-22(23-2)25-19-14-16-26(17-19)21(28)18-11-7-6-8-12-18;/h18-19H,3-17H2,1-2H3,(H2,23,24,25);1H. The van der Waals surface area contributed by atoms with E-state index < -0.39 is 0 Å². The number of aliphatic imine (C=N–C) groups is 1. The molecule has 1 heterocycles. The summed E-state index contributed by atoms with van der Waals surface area (Å²) in [5, 5.41) is 6.84. The summed E-state index contributed by atoms with van der Waals surface area (Å²) in [5.74, 6) is 1.33. The van der Waals surface area contributed by atoms with E-state index in [1.54, 1.807) is 7.05 Å². The molecule has 174 valence electrons. The minimum atomic E-state index is -0.0946. The van der Waals surface area contributed by atoms with Gasteiger partial charge in [0.15, 0.2) is 5.96 Å². The zero-order chi connectivity index (χ0) is 20.9. The van der Waals surface area contributed by atoms with Crippen molar-refractivity contribution in [3.8, 4) is 0 Å². The van der Waals surface area contributed by atoms with Crippen molar-refractivity contribution in [2.75, 3.05) is 33.3 Å². The molecule has 1 aliphatic heterocycles. The number of rotatable bonds is 10. The van der Waals surface area contributed by atoms with Crippen LogP contribution in [0, 0.1) is 5.92 Å². The summed E-state index contributed by atoms with van der Waals surface area (Å²) in [6.45, 7) is 4.79. The molecular weight excluding hydrogens is 495 g/mol. The predicted molar refractivity (Wildman–Crippen MR) is 131 cm³/mol. The van der Waals surface area contributed by atoms with Crippen LogP contribution < -0.4 is 10.6 Å². The maximum Gasteiger partial charge on any atom is 0.305 e. The van der Waals surface area contributed by atoms with Gasteiger partial charge in [-0.3, -0.25) is 14.6 Å². The fraction of sp³-hybridized carbons (Fsp3) is 0.864. The molecule has 2 rings (SSSR count). The van der Waals surface area contributed by atoms with Crippen LogP contribution in [0.3, 0.4) is 0 Å². The Morgan fingerprint density at radius 2 is 1.80 bits per heavy atom. The first kappa shape index (κ1) is 27.0. The summed E-state index contributed by atoms with van der Waals surface area (Å²) in [5.41, 5.74) is 0. The number of unbranched alkanes of at least 4 members (excludes halogenated alkanes) is 3. The molecular formula is C22H41IN4O3. The van der Waals surface area contributed by atoms with Crippen molar-refractivity contribution in [1.29, 1.82) is 0 Å². The van der Waals surface area contributed by atoms with E-state index in [1.807, 2.05) is 11.8 Å². The quantitative estimate of drug-likeness (QED) is 0.147. The molecule has 0 spiro atoms. The number of guanidine groups is 1. The molecule has 0 bridgehead atoms. The van der Waals surface area contributed by atoms with E-state index in [9.17, 15) is 9.59 Å². The Morgan fingerprint density at radius 1 is 1.07 bits per heavy atom. The first-order valence-electron chi connectivity index (χ1n) is 11.6. The van der Waals surface area contributed by atoms with E-state index in [-0.39, 0.29) is 41.9 Å². The predicted octanol–water partition coefficient (Wildman–Crippen LogP) is 3.46. The monoisotopic (exact) mass is 536 g/mol. The molecule has 1 aliphatic carbocycles. The third kappa shape index (κ3) is 9.83. The Hall–Kier alpha value is -1.06. The van der Waals surface area contributed by atoms with E-state index in [4.69, 9.17) is 4.74 Å². The van der Waals surface area contributed by atoms with E-state index in [0.717, 1.165) is 70.5 Å². The lowest BCUT2D eigenvalue weighted by molar-refractivity contribution is -0.143. The van der Waals surface area contributed by atoms with Crippen molar-refractivity contribution in [2.45, 2.75) is 83.6 Å². The van der Waals surface area contributed by atoms with Gasteiger partial charge in [0.1, 0.15) is 0 Å². The Balaban J connectivity index is 0.00000450. The molecule has 2 N–H and O–H groups in total. The van der Waals surface area contributed by atoms with Crippen molar-refractivity contribution in [3.05, 3.63) is 0 Å². The molecule has 0 aromatic heterocycles. The number of esters is 1. The molecule has 1 unspecified atom stereocenters. The van der Waals surface area contributed by atoms with Gasteiger partial charge < -0.3 is 20.3 Å². The van der Waals surface area contributed by atoms with Gasteiger partial charge in [-0.05, 0) is 39.0 Å². The average molecular weight is 536 g/mol. The van der Waals surface area contributed by atoms with Crippen LogP contribution in [0.5, 0.6) is 0 Å². The molecule has 1 amide bonds. The van der Waals surface area contributed by atoms with Gasteiger partial charge in [-0.25, -0.2) is 0 Å². The SMILES string of the molecule is CCOC(=O)CCCCCCNC(=NC)NC1CCN(C(=O)C2CCCCC2)C1.I. The molecule has 7 nitrogen and oxygen atoms in total. The molecule has 0 aromatic rings. The third-order valence-corrected chi connectivity index (χ3v) is 5.92. The van der Waals surface area contributed by atoms with Gasteiger partial charge in [0.25, 0.3) is 0 Å². The molecule has 2 fully saturated rings. The summed E-state index contributed by atoms with van der Waals surface area (Å²) < 4.78 is 4.94. The Kier molecular flexibility index (Phi) is 14.1. The second-order valence-corrected chi connectivity index (χ2v) is 8.22. The molecule has 8 heteroatoms. The van der Waals surface area contributed by atoms with Crippen LogP contribution >= 0.6 is 24.0 Å². The normalized spacial score (nSPS) is 19.9. The topological polar surface area (TPSA) is 83.0 Å². The van der Waals surface area contributed by atoms with Crippen LogP contribution in [0.1, 0.15) is 77.6 Å². The Bertz CT molecular complexity index is 538. The summed E-state index contributed by atoms with van der Waals surface area (Å²) in [6.07, 6.45) is 11.4. The minimum absolute atomic E-state index is 0. The number of carbonyl (C=O) groups excluding carboxylic acids is 2. The van der Waals surface area contributed by atoms with Crippen LogP contribution in [0.25, 0.3) is 0 Å². The van der Waals surface area contributed by atoms with Crippen molar-refractivity contribution < 1.29 is 14.3 Å². The number of amides is 1. The first-order valence-corrected chi connectivity index (χ1v) is 11.6. The molecule has 0 aromatic carbocycles. The summed E-state index contributed by atoms with van der Waals surface area (Å²) in [7, 11) is 1.79. The number of nitrogens with one attached hydrogen (secondary N) is 2. The molecule has 2 aliphatic rings. The Labute approximate surface area is 199 Å². The van der Waals surface area contributed by atoms with Crippen molar-refractivity contribution in [3.63, 3.8) is 0 Å². The molecule has 0 radical (unpaired) electrons. The maximum absolute atomic E-state index is 12.7. The number of hydrogen-bond donors (Lipinski definition) is 2. The van der Waals surface area contributed by atoms with Gasteiger partial charge in [0.05, 0.1) is 6.61 Å². The number of hydrogen-bond acceptors (Lipinski definition) is 4. The lowest BCUT2D eigenvalue weighted by Gasteiger charge is -2.26. The number of halogens is 1. The number of likely N-dealkylation sites (tertiary alicyclic amines) is 1. The fourth-order valence-electron chi connectivity index (χ4n) is 4.26. The van der Waals surface area contributed by atoms with Crippen molar-refractivity contribution in [2.24, 2.45) is 10.9 Å². The van der Waals surface area contributed by atoms with Gasteiger partial charge >= 0.3 is 5.97 Å². The highest BCUT2D eigenvalue weighted by atomic mass is 127. The van der Waals surface area contributed by atoms with Crippen LogP contribution in [0.2, 0.25) is 0 Å². The zero-order valence-electron chi connectivity index (χ0n) is 18.8.